The zero-order valence-corrected chi connectivity index (χ0v) is 13.1. The molecular weight excluding hydrogens is 285 g/mol. The minimum absolute atomic E-state index is 0.0685. The summed E-state index contributed by atoms with van der Waals surface area (Å²) in [7, 11) is 0. The molecule has 0 aliphatic heterocycles. The van der Waals surface area contributed by atoms with Gasteiger partial charge in [-0.15, -0.1) is 0 Å². The Labute approximate surface area is 122 Å². The highest BCUT2D eigenvalue weighted by molar-refractivity contribution is 5.84. The minimum atomic E-state index is -4.51. The number of anilines is 1. The van der Waals surface area contributed by atoms with Gasteiger partial charge in [0.25, 0.3) is 0 Å². The van der Waals surface area contributed by atoms with Crippen LogP contribution in [-0.4, -0.2) is 16.7 Å². The van der Waals surface area contributed by atoms with Gasteiger partial charge in [0, 0.05) is 0 Å². The van der Waals surface area contributed by atoms with Crippen molar-refractivity contribution in [2.24, 2.45) is 0 Å². The molecule has 1 amide bonds. The molecule has 0 aliphatic rings. The molecule has 0 bridgehead atoms. The largest absolute Gasteiger partial charge is 0.444 e. The van der Waals surface area contributed by atoms with Crippen LogP contribution in [0, 0.1) is 6.92 Å². The molecule has 0 saturated carbocycles. The SMILES string of the molecule is CC.Cc1cc(NC(=O)OC(C)(C)C)cnc1C(F)(F)F. The smallest absolute Gasteiger partial charge is 0.433 e. The van der Waals surface area contributed by atoms with E-state index in [0.717, 1.165) is 6.20 Å². The van der Waals surface area contributed by atoms with E-state index < -0.39 is 23.6 Å². The number of pyridine rings is 1. The molecule has 0 fully saturated rings. The Balaban J connectivity index is 0.00000191. The lowest BCUT2D eigenvalue weighted by Crippen LogP contribution is -2.27. The van der Waals surface area contributed by atoms with E-state index in [9.17, 15) is 18.0 Å². The van der Waals surface area contributed by atoms with Gasteiger partial charge in [0.1, 0.15) is 11.3 Å². The lowest BCUT2D eigenvalue weighted by molar-refractivity contribution is -0.141. The normalized spacial score (nSPS) is 11.3. The summed E-state index contributed by atoms with van der Waals surface area (Å²) < 4.78 is 42.5. The van der Waals surface area contributed by atoms with Crippen LogP contribution < -0.4 is 5.32 Å². The summed E-state index contributed by atoms with van der Waals surface area (Å²) in [6, 6.07) is 1.19. The number of rotatable bonds is 1. The van der Waals surface area contributed by atoms with Crippen molar-refractivity contribution < 1.29 is 22.7 Å². The maximum Gasteiger partial charge on any atom is 0.433 e. The van der Waals surface area contributed by atoms with E-state index in [0.29, 0.717) is 0 Å². The maximum atomic E-state index is 12.5. The predicted octanol–water partition coefficient (Wildman–Crippen LogP) is 4.78. The molecule has 1 aromatic heterocycles. The molecule has 0 saturated heterocycles. The van der Waals surface area contributed by atoms with E-state index in [1.807, 2.05) is 13.8 Å². The van der Waals surface area contributed by atoms with Crippen molar-refractivity contribution in [3.8, 4) is 0 Å². The van der Waals surface area contributed by atoms with E-state index in [2.05, 4.69) is 10.3 Å². The molecule has 7 heteroatoms. The van der Waals surface area contributed by atoms with Crippen molar-refractivity contribution >= 4 is 11.8 Å². The summed E-state index contributed by atoms with van der Waals surface area (Å²) in [6.07, 6.45) is -4.30. The molecular formula is C14H21F3N2O2. The first kappa shape index (κ1) is 19.2. The van der Waals surface area contributed by atoms with Gasteiger partial charge in [0.05, 0.1) is 11.9 Å². The Morgan fingerprint density at radius 2 is 1.76 bits per heavy atom. The van der Waals surface area contributed by atoms with Gasteiger partial charge in [-0.1, -0.05) is 13.8 Å². The second-order valence-corrected chi connectivity index (χ2v) is 5.01. The average molecular weight is 306 g/mol. The van der Waals surface area contributed by atoms with Crippen LogP contribution in [-0.2, 0) is 10.9 Å². The molecule has 4 nitrogen and oxygen atoms in total. The number of amides is 1. The van der Waals surface area contributed by atoms with Crippen molar-refractivity contribution in [3.63, 3.8) is 0 Å². The summed E-state index contributed by atoms with van der Waals surface area (Å²) >= 11 is 0. The second kappa shape index (κ2) is 7.28. The van der Waals surface area contributed by atoms with E-state index in [1.165, 1.54) is 13.0 Å². The van der Waals surface area contributed by atoms with Gasteiger partial charge in [0.15, 0.2) is 0 Å². The summed E-state index contributed by atoms with van der Waals surface area (Å²) in [5.41, 5.74) is -1.57. The van der Waals surface area contributed by atoms with Gasteiger partial charge in [-0.2, -0.15) is 13.2 Å². The number of ether oxygens (including phenoxy) is 1. The Kier molecular flexibility index (Phi) is 6.66. The van der Waals surface area contributed by atoms with Crippen LogP contribution in [0.2, 0.25) is 0 Å². The van der Waals surface area contributed by atoms with Crippen LogP contribution in [0.4, 0.5) is 23.7 Å². The number of hydrogen-bond acceptors (Lipinski definition) is 3. The first-order valence-corrected chi connectivity index (χ1v) is 6.53. The van der Waals surface area contributed by atoms with Gasteiger partial charge >= 0.3 is 12.3 Å². The highest BCUT2D eigenvalue weighted by Crippen LogP contribution is 2.30. The first-order chi connectivity index (χ1) is 9.49. The molecule has 0 spiro atoms. The third-order valence-electron chi connectivity index (χ3n) is 1.99. The topological polar surface area (TPSA) is 51.2 Å². The van der Waals surface area contributed by atoms with E-state index in [1.54, 1.807) is 20.8 Å². The molecule has 0 atom stereocenters. The van der Waals surface area contributed by atoms with Crippen molar-refractivity contribution in [1.29, 1.82) is 0 Å². The van der Waals surface area contributed by atoms with Crippen molar-refractivity contribution in [3.05, 3.63) is 23.5 Å². The minimum Gasteiger partial charge on any atom is -0.444 e. The maximum absolute atomic E-state index is 12.5. The second-order valence-electron chi connectivity index (χ2n) is 5.01. The molecule has 1 N–H and O–H groups in total. The van der Waals surface area contributed by atoms with Crippen molar-refractivity contribution in [1.82, 2.24) is 4.98 Å². The Morgan fingerprint density at radius 3 is 2.14 bits per heavy atom. The Morgan fingerprint density at radius 1 is 1.24 bits per heavy atom. The van der Waals surface area contributed by atoms with Gasteiger partial charge in [-0.25, -0.2) is 9.78 Å². The third kappa shape index (κ3) is 6.97. The van der Waals surface area contributed by atoms with E-state index in [4.69, 9.17) is 4.74 Å². The molecule has 0 radical (unpaired) electrons. The van der Waals surface area contributed by atoms with Crippen LogP contribution >= 0.6 is 0 Å². The number of carbonyl (C=O) groups excluding carboxylic acids is 1. The van der Waals surface area contributed by atoms with Crippen LogP contribution in [0.3, 0.4) is 0 Å². The predicted molar refractivity (Wildman–Crippen MR) is 75.2 cm³/mol. The first-order valence-electron chi connectivity index (χ1n) is 6.53. The van der Waals surface area contributed by atoms with Gasteiger partial charge < -0.3 is 4.74 Å². The lowest BCUT2D eigenvalue weighted by Gasteiger charge is -2.19. The van der Waals surface area contributed by atoms with Gasteiger partial charge in [-0.3, -0.25) is 5.32 Å². The zero-order chi connectivity index (χ0) is 16.8. The summed E-state index contributed by atoms with van der Waals surface area (Å²) in [5, 5.41) is 2.33. The highest BCUT2D eigenvalue weighted by Gasteiger charge is 2.34. The van der Waals surface area contributed by atoms with Crippen LogP contribution in [0.1, 0.15) is 45.9 Å². The van der Waals surface area contributed by atoms with Crippen LogP contribution in [0.15, 0.2) is 12.3 Å². The van der Waals surface area contributed by atoms with Crippen molar-refractivity contribution in [2.75, 3.05) is 5.32 Å². The number of halogens is 3. The molecule has 1 rings (SSSR count). The quantitative estimate of drug-likeness (QED) is 0.812. The van der Waals surface area contributed by atoms with E-state index >= 15 is 0 Å². The Hall–Kier alpha value is -1.79. The van der Waals surface area contributed by atoms with Crippen LogP contribution in [0.5, 0.6) is 0 Å². The van der Waals surface area contributed by atoms with Gasteiger partial charge in [0.2, 0.25) is 0 Å². The molecule has 0 aliphatic carbocycles. The molecule has 120 valence electrons. The summed E-state index contributed by atoms with van der Waals surface area (Å²) in [5.74, 6) is 0. The molecule has 0 aromatic carbocycles. The van der Waals surface area contributed by atoms with Crippen LogP contribution in [0.25, 0.3) is 0 Å². The van der Waals surface area contributed by atoms with Gasteiger partial charge in [-0.05, 0) is 39.3 Å². The number of carbonyl (C=O) groups is 1. The highest BCUT2D eigenvalue weighted by atomic mass is 19.4. The third-order valence-corrected chi connectivity index (χ3v) is 1.99. The fourth-order valence-corrected chi connectivity index (χ4v) is 1.36. The number of hydrogen-bond donors (Lipinski definition) is 1. The molecule has 1 aromatic rings. The summed E-state index contributed by atoms with van der Waals surface area (Å²) in [6.45, 7) is 10.3. The molecule has 0 unspecified atom stereocenters. The fourth-order valence-electron chi connectivity index (χ4n) is 1.36. The average Bonchev–Trinajstić information content (AvgIpc) is 2.27. The monoisotopic (exact) mass is 306 g/mol. The number of nitrogens with one attached hydrogen (secondary N) is 1. The number of aryl methyl sites for hydroxylation is 1. The molecule has 21 heavy (non-hydrogen) atoms. The number of aromatic nitrogens is 1. The van der Waals surface area contributed by atoms with Crippen molar-refractivity contribution in [2.45, 2.75) is 53.3 Å². The number of alkyl halides is 3. The standard InChI is InChI=1S/C12H15F3N2O2.C2H6/c1-7-5-8(6-16-9(7)12(13,14)15)17-10(18)19-11(2,3)4;1-2/h5-6H,1-4H3,(H,17,18);1-2H3. The molecule has 1 heterocycles. The Bertz CT molecular complexity index is 480. The zero-order valence-electron chi connectivity index (χ0n) is 13.1. The van der Waals surface area contributed by atoms with E-state index in [-0.39, 0.29) is 11.3 Å². The number of nitrogens with zero attached hydrogens (tertiary/aromatic N) is 1. The fraction of sp³-hybridized carbons (Fsp3) is 0.571. The lowest BCUT2D eigenvalue weighted by atomic mass is 10.2. The summed E-state index contributed by atoms with van der Waals surface area (Å²) in [4.78, 5) is 14.7.